The first-order valence-corrected chi connectivity index (χ1v) is 16.5. The number of benzene rings is 6. The van der Waals surface area contributed by atoms with E-state index >= 15 is 0 Å². The maximum absolute atomic E-state index is 5.17. The molecule has 0 N–H and O–H groups in total. The zero-order valence-corrected chi connectivity index (χ0v) is 26.7. The minimum absolute atomic E-state index is 0.0448. The van der Waals surface area contributed by atoms with E-state index < -0.39 is 0 Å². The maximum Gasteiger partial charge on any atom is 0.160 e. The second-order valence-electron chi connectivity index (χ2n) is 13.4. The fraction of sp³-hybridized carbons (Fsp3) is 0.143. The summed E-state index contributed by atoms with van der Waals surface area (Å²) in [6.07, 6.45) is 0. The number of hydrogen-bond donors (Lipinski definition) is 0. The highest BCUT2D eigenvalue weighted by atomic mass is 32.1. The van der Waals surface area contributed by atoms with Crippen LogP contribution in [0.1, 0.15) is 38.8 Å². The molecule has 0 fully saturated rings. The molecule has 0 aliphatic heterocycles. The van der Waals surface area contributed by atoms with Gasteiger partial charge in [0.05, 0.1) is 11.2 Å². The molecule has 0 saturated heterocycles. The van der Waals surface area contributed by atoms with Crippen LogP contribution in [0.2, 0.25) is 0 Å². The topological polar surface area (TPSA) is 25.8 Å². The van der Waals surface area contributed by atoms with Crippen LogP contribution in [0.5, 0.6) is 0 Å². The van der Waals surface area contributed by atoms with E-state index in [-0.39, 0.29) is 10.8 Å². The Bertz CT molecular complexity index is 2480. The molecule has 2 nitrogen and oxygen atoms in total. The third kappa shape index (κ3) is 3.74. The van der Waals surface area contributed by atoms with Crippen molar-refractivity contribution in [2.24, 2.45) is 0 Å². The molecule has 0 radical (unpaired) electrons. The first-order valence-electron chi connectivity index (χ1n) is 15.7. The zero-order valence-electron chi connectivity index (χ0n) is 25.8. The van der Waals surface area contributed by atoms with Crippen LogP contribution in [-0.2, 0) is 10.8 Å². The second-order valence-corrected chi connectivity index (χ2v) is 14.5. The first kappa shape index (κ1) is 26.5. The lowest BCUT2D eigenvalue weighted by molar-refractivity contribution is 0.299. The molecule has 0 amide bonds. The smallest absolute Gasteiger partial charge is 0.160 e. The van der Waals surface area contributed by atoms with Crippen LogP contribution in [0.15, 0.2) is 121 Å². The van der Waals surface area contributed by atoms with Crippen molar-refractivity contribution in [3.8, 4) is 33.8 Å². The maximum atomic E-state index is 5.17. The first-order chi connectivity index (χ1) is 21.8. The Morgan fingerprint density at radius 3 is 2.07 bits per heavy atom. The van der Waals surface area contributed by atoms with Crippen molar-refractivity contribution in [3.05, 3.63) is 132 Å². The normalized spacial score (nSPS) is 15.0. The van der Waals surface area contributed by atoms with Crippen LogP contribution in [0.25, 0.3) is 75.6 Å². The molecule has 216 valence electrons. The lowest BCUT2D eigenvalue weighted by atomic mass is 9.55. The zero-order chi connectivity index (χ0) is 30.5. The summed E-state index contributed by atoms with van der Waals surface area (Å²) in [5.41, 5.74) is 9.58. The molecule has 45 heavy (non-hydrogen) atoms. The van der Waals surface area contributed by atoms with Gasteiger partial charge >= 0.3 is 0 Å². The van der Waals surface area contributed by atoms with E-state index in [4.69, 9.17) is 9.97 Å². The molecule has 0 spiro atoms. The molecule has 2 aromatic heterocycles. The summed E-state index contributed by atoms with van der Waals surface area (Å²) in [7, 11) is 0. The Balaban J connectivity index is 1.29. The number of rotatable bonds is 2. The van der Waals surface area contributed by atoms with Gasteiger partial charge in [-0.1, -0.05) is 113 Å². The van der Waals surface area contributed by atoms with Gasteiger partial charge in [0.25, 0.3) is 0 Å². The number of thiophene rings is 1. The molecule has 2 heterocycles. The van der Waals surface area contributed by atoms with E-state index in [0.717, 1.165) is 33.5 Å². The van der Waals surface area contributed by atoms with Crippen LogP contribution in [-0.4, -0.2) is 9.97 Å². The molecule has 6 aromatic carbocycles. The highest BCUT2D eigenvalue weighted by molar-refractivity contribution is 7.25. The molecule has 0 unspecified atom stereocenters. The Morgan fingerprint density at radius 1 is 0.511 bits per heavy atom. The van der Waals surface area contributed by atoms with E-state index in [9.17, 15) is 0 Å². The molecule has 8 aromatic rings. The van der Waals surface area contributed by atoms with Crippen molar-refractivity contribution in [1.82, 2.24) is 9.97 Å². The molecule has 1 aliphatic rings. The lowest BCUT2D eigenvalue weighted by Crippen LogP contribution is -2.43. The molecule has 9 rings (SSSR count). The van der Waals surface area contributed by atoms with Crippen LogP contribution >= 0.6 is 11.3 Å². The predicted octanol–water partition coefficient (Wildman–Crippen LogP) is 11.7. The minimum atomic E-state index is -0.0656. The lowest BCUT2D eigenvalue weighted by Gasteiger charge is -2.48. The van der Waals surface area contributed by atoms with Crippen LogP contribution in [0.4, 0.5) is 0 Å². The molecule has 0 saturated carbocycles. The molecular weight excluding hydrogens is 565 g/mol. The SMILES string of the molecule is CC1(C)c2cc3c(cc2-c2c(ccc4ccccc24)C1(C)C)sc1ccc(-c2nc(-c4ccccc4)c4ccccc4n2)cc13. The average Bonchev–Trinajstić information content (AvgIpc) is 3.43. The Morgan fingerprint density at radius 2 is 1.22 bits per heavy atom. The quantitative estimate of drug-likeness (QED) is 0.198. The Kier molecular flexibility index (Phi) is 5.50. The number of nitrogens with zero attached hydrogens (tertiary/aromatic N) is 2. The molecule has 3 heteroatoms. The highest BCUT2D eigenvalue weighted by Gasteiger charge is 2.46. The molecule has 0 atom stereocenters. The van der Waals surface area contributed by atoms with Gasteiger partial charge in [-0.15, -0.1) is 11.3 Å². The van der Waals surface area contributed by atoms with Crippen molar-refractivity contribution in [1.29, 1.82) is 0 Å². The largest absolute Gasteiger partial charge is 0.228 e. The number of para-hydroxylation sites is 1. The monoisotopic (exact) mass is 596 g/mol. The van der Waals surface area contributed by atoms with E-state index in [2.05, 4.69) is 143 Å². The summed E-state index contributed by atoms with van der Waals surface area (Å²) in [6, 6.07) is 44.0. The van der Waals surface area contributed by atoms with E-state index in [1.54, 1.807) is 0 Å². The Labute approximate surface area is 267 Å². The van der Waals surface area contributed by atoms with Gasteiger partial charge in [0.2, 0.25) is 0 Å². The Hall–Kier alpha value is -4.86. The number of fused-ring (bicyclic) bond motifs is 9. The van der Waals surface area contributed by atoms with E-state index in [1.807, 2.05) is 17.4 Å². The average molecular weight is 597 g/mol. The van der Waals surface area contributed by atoms with Gasteiger partial charge in [0.15, 0.2) is 5.82 Å². The molecule has 0 bridgehead atoms. The van der Waals surface area contributed by atoms with Crippen molar-refractivity contribution in [3.63, 3.8) is 0 Å². The molecular formula is C42H32N2S. The van der Waals surface area contributed by atoms with Gasteiger partial charge in [-0.2, -0.15) is 0 Å². The standard InChI is InChI=1S/C42H32N2S/c1-41(2)33-20-18-25-12-8-9-15-28(25)38(33)32-24-37-31(23-34(32)42(41,3)4)30-22-27(19-21-36(30)45-37)40-43-35-17-11-10-16-29(35)39(44-40)26-13-6-5-7-14-26/h5-24H,1-4H3. The number of aromatic nitrogens is 2. The van der Waals surface area contributed by atoms with Crippen LogP contribution in [0, 0.1) is 0 Å². The number of hydrogen-bond acceptors (Lipinski definition) is 3. The summed E-state index contributed by atoms with van der Waals surface area (Å²) < 4.78 is 2.61. The minimum Gasteiger partial charge on any atom is -0.228 e. The van der Waals surface area contributed by atoms with Gasteiger partial charge in [-0.05, 0) is 80.3 Å². The van der Waals surface area contributed by atoms with Gasteiger partial charge in [-0.25, -0.2) is 9.97 Å². The summed E-state index contributed by atoms with van der Waals surface area (Å²) in [4.78, 5) is 10.2. The van der Waals surface area contributed by atoms with Gasteiger partial charge in [0, 0.05) is 36.7 Å². The summed E-state index contributed by atoms with van der Waals surface area (Å²) in [5.74, 6) is 0.758. The van der Waals surface area contributed by atoms with E-state index in [1.165, 1.54) is 53.2 Å². The fourth-order valence-corrected chi connectivity index (χ4v) is 8.57. The van der Waals surface area contributed by atoms with E-state index in [0.29, 0.717) is 0 Å². The summed E-state index contributed by atoms with van der Waals surface area (Å²) in [6.45, 7) is 9.67. The fourth-order valence-electron chi connectivity index (χ4n) is 7.46. The van der Waals surface area contributed by atoms with Crippen molar-refractivity contribution < 1.29 is 0 Å². The van der Waals surface area contributed by atoms with Crippen LogP contribution in [0.3, 0.4) is 0 Å². The van der Waals surface area contributed by atoms with Crippen molar-refractivity contribution in [2.75, 3.05) is 0 Å². The predicted molar refractivity (Wildman–Crippen MR) is 192 cm³/mol. The third-order valence-electron chi connectivity index (χ3n) is 10.6. The second kappa shape index (κ2) is 9.32. The van der Waals surface area contributed by atoms with Crippen molar-refractivity contribution >= 4 is 53.2 Å². The third-order valence-corrected chi connectivity index (χ3v) is 11.8. The van der Waals surface area contributed by atoms with Gasteiger partial charge < -0.3 is 0 Å². The summed E-state index contributed by atoms with van der Waals surface area (Å²) in [5, 5.41) is 6.28. The highest BCUT2D eigenvalue weighted by Crippen LogP contribution is 2.57. The van der Waals surface area contributed by atoms with Gasteiger partial charge in [-0.3, -0.25) is 0 Å². The van der Waals surface area contributed by atoms with Crippen LogP contribution < -0.4 is 0 Å². The van der Waals surface area contributed by atoms with Crippen molar-refractivity contribution in [2.45, 2.75) is 38.5 Å². The van der Waals surface area contributed by atoms with Gasteiger partial charge in [0.1, 0.15) is 0 Å². The molecule has 1 aliphatic carbocycles. The summed E-state index contributed by atoms with van der Waals surface area (Å²) >= 11 is 1.88.